The third-order valence-electron chi connectivity index (χ3n) is 5.31. The number of hydrogen-bond donors (Lipinski definition) is 2. The summed E-state index contributed by atoms with van der Waals surface area (Å²) in [5.74, 6) is -11.6. The molecule has 0 radical (unpaired) electrons. The summed E-state index contributed by atoms with van der Waals surface area (Å²) < 4.78 is 69.3. The topological polar surface area (TPSA) is 61.4 Å². The second-order valence-electron chi connectivity index (χ2n) is 7.21. The van der Waals surface area contributed by atoms with E-state index in [-0.39, 0.29) is 12.1 Å². The number of hydrogen-bond acceptors (Lipinski definition) is 3. The number of amides is 2. The average Bonchev–Trinajstić information content (AvgIpc) is 2.90. The number of likely N-dealkylation sites (N-methyl/N-ethyl adjacent to an activating group) is 1. The van der Waals surface area contributed by atoms with E-state index < -0.39 is 65.1 Å². The van der Waals surface area contributed by atoms with Crippen molar-refractivity contribution in [2.24, 2.45) is 0 Å². The Labute approximate surface area is 175 Å². The first-order chi connectivity index (χ1) is 14.7. The van der Waals surface area contributed by atoms with Gasteiger partial charge in [-0.2, -0.15) is 0 Å². The monoisotopic (exact) mass is 441 g/mol. The SMILES string of the molecule is CNC(C)C(=O)NC1CCc2ccccc2N(Cc2c(F)c(F)c(F)c(F)c2F)C1=O. The van der Waals surface area contributed by atoms with Crippen LogP contribution in [0.4, 0.5) is 27.6 Å². The molecule has 2 aromatic carbocycles. The first-order valence-corrected chi connectivity index (χ1v) is 9.54. The van der Waals surface area contributed by atoms with Gasteiger partial charge < -0.3 is 15.5 Å². The van der Waals surface area contributed by atoms with Gasteiger partial charge in [-0.1, -0.05) is 18.2 Å². The van der Waals surface area contributed by atoms with Gasteiger partial charge in [-0.05, 0) is 38.4 Å². The first-order valence-electron chi connectivity index (χ1n) is 9.54. The highest BCUT2D eigenvalue weighted by molar-refractivity contribution is 6.00. The van der Waals surface area contributed by atoms with E-state index in [1.54, 1.807) is 32.2 Å². The smallest absolute Gasteiger partial charge is 0.249 e. The number of nitrogens with one attached hydrogen (secondary N) is 2. The number of rotatable bonds is 5. The summed E-state index contributed by atoms with van der Waals surface area (Å²) in [4.78, 5) is 26.4. The third kappa shape index (κ3) is 4.25. The third-order valence-corrected chi connectivity index (χ3v) is 5.31. The normalized spacial score (nSPS) is 17.2. The molecule has 0 saturated carbocycles. The quantitative estimate of drug-likeness (QED) is 0.426. The summed E-state index contributed by atoms with van der Waals surface area (Å²) in [6.45, 7) is 0.688. The van der Waals surface area contributed by atoms with Crippen molar-refractivity contribution < 1.29 is 31.5 Å². The number of aryl methyl sites for hydroxylation is 1. The van der Waals surface area contributed by atoms with E-state index in [2.05, 4.69) is 10.6 Å². The molecule has 1 heterocycles. The number of anilines is 1. The van der Waals surface area contributed by atoms with E-state index in [9.17, 15) is 31.5 Å². The number of nitrogens with zero attached hydrogens (tertiary/aromatic N) is 1. The summed E-state index contributed by atoms with van der Waals surface area (Å²) >= 11 is 0. The average molecular weight is 441 g/mol. The van der Waals surface area contributed by atoms with Gasteiger partial charge in [-0.15, -0.1) is 0 Å². The Morgan fingerprint density at radius 1 is 1.06 bits per heavy atom. The van der Waals surface area contributed by atoms with E-state index >= 15 is 0 Å². The number of carbonyl (C=O) groups is 2. The molecule has 1 aliphatic rings. The second-order valence-corrected chi connectivity index (χ2v) is 7.21. The lowest BCUT2D eigenvalue weighted by Crippen LogP contribution is -2.52. The standard InChI is InChI=1S/C21H20F5N3O2/c1-10(27-2)20(30)28-13-8-7-11-5-3-4-6-14(11)29(21(13)31)9-12-15(22)17(24)19(26)18(25)16(12)23/h3-6,10,13,27H,7-9H2,1-2H3,(H,28,30). The molecular weight excluding hydrogens is 421 g/mol. The number of para-hydroxylation sites is 1. The molecule has 10 heteroatoms. The van der Waals surface area contributed by atoms with Gasteiger partial charge in [0.1, 0.15) is 6.04 Å². The number of carbonyl (C=O) groups excluding carboxylic acids is 2. The van der Waals surface area contributed by atoms with Gasteiger partial charge in [-0.25, -0.2) is 22.0 Å². The minimum absolute atomic E-state index is 0.200. The molecule has 166 valence electrons. The van der Waals surface area contributed by atoms with Crippen LogP contribution in [0.15, 0.2) is 24.3 Å². The Kier molecular flexibility index (Phi) is 6.59. The molecule has 0 spiro atoms. The molecule has 0 aliphatic carbocycles. The van der Waals surface area contributed by atoms with Crippen molar-refractivity contribution >= 4 is 17.5 Å². The summed E-state index contributed by atoms with van der Waals surface area (Å²) in [6.07, 6.45) is 0.556. The molecule has 2 aromatic rings. The molecule has 2 N–H and O–H groups in total. The minimum atomic E-state index is -2.27. The van der Waals surface area contributed by atoms with Crippen LogP contribution in [0.25, 0.3) is 0 Å². The van der Waals surface area contributed by atoms with Crippen LogP contribution in [0.2, 0.25) is 0 Å². The van der Waals surface area contributed by atoms with Crippen LogP contribution in [-0.4, -0.2) is 30.9 Å². The summed E-state index contributed by atoms with van der Waals surface area (Å²) in [7, 11) is 1.56. The van der Waals surface area contributed by atoms with Crippen LogP contribution >= 0.6 is 0 Å². The van der Waals surface area contributed by atoms with Gasteiger partial charge in [0.25, 0.3) is 0 Å². The Bertz CT molecular complexity index is 1000. The Balaban J connectivity index is 2.04. The maximum absolute atomic E-state index is 14.3. The van der Waals surface area contributed by atoms with Gasteiger partial charge in [0.05, 0.1) is 12.6 Å². The Morgan fingerprint density at radius 3 is 2.26 bits per heavy atom. The molecule has 2 amide bonds. The highest BCUT2D eigenvalue weighted by Gasteiger charge is 2.34. The van der Waals surface area contributed by atoms with Gasteiger partial charge in [0, 0.05) is 11.3 Å². The number of benzene rings is 2. The molecular formula is C21H20F5N3O2. The van der Waals surface area contributed by atoms with Crippen LogP contribution in [0.5, 0.6) is 0 Å². The van der Waals surface area contributed by atoms with Gasteiger partial charge in [0.2, 0.25) is 17.6 Å². The molecule has 0 saturated heterocycles. The van der Waals surface area contributed by atoms with Crippen molar-refractivity contribution in [2.75, 3.05) is 11.9 Å². The van der Waals surface area contributed by atoms with E-state index in [0.717, 1.165) is 4.90 Å². The fourth-order valence-electron chi connectivity index (χ4n) is 3.39. The molecule has 1 aliphatic heterocycles. The van der Waals surface area contributed by atoms with Crippen LogP contribution < -0.4 is 15.5 Å². The summed E-state index contributed by atoms with van der Waals surface area (Å²) in [6, 6.07) is 4.83. The largest absolute Gasteiger partial charge is 0.343 e. The van der Waals surface area contributed by atoms with Crippen molar-refractivity contribution in [2.45, 2.75) is 38.4 Å². The summed E-state index contributed by atoms with van der Waals surface area (Å²) in [5.41, 5.74) is -0.219. The molecule has 5 nitrogen and oxygen atoms in total. The maximum Gasteiger partial charge on any atom is 0.249 e. The number of fused-ring (bicyclic) bond motifs is 1. The van der Waals surface area contributed by atoms with Gasteiger partial charge in [-0.3, -0.25) is 9.59 Å². The fourth-order valence-corrected chi connectivity index (χ4v) is 3.39. The van der Waals surface area contributed by atoms with Gasteiger partial charge >= 0.3 is 0 Å². The summed E-state index contributed by atoms with van der Waals surface area (Å²) in [5, 5.41) is 5.31. The van der Waals surface area contributed by atoms with E-state index in [1.807, 2.05) is 0 Å². The molecule has 2 unspecified atom stereocenters. The van der Waals surface area contributed by atoms with Crippen LogP contribution in [0.3, 0.4) is 0 Å². The first kappa shape index (κ1) is 22.7. The van der Waals surface area contributed by atoms with Crippen LogP contribution in [-0.2, 0) is 22.6 Å². The predicted octanol–water partition coefficient (Wildman–Crippen LogP) is 2.95. The Hall–Kier alpha value is -3.01. The highest BCUT2D eigenvalue weighted by Crippen LogP contribution is 2.31. The maximum atomic E-state index is 14.3. The molecule has 31 heavy (non-hydrogen) atoms. The zero-order chi connectivity index (χ0) is 22.9. The van der Waals surface area contributed by atoms with Crippen molar-refractivity contribution in [3.05, 3.63) is 64.5 Å². The Morgan fingerprint density at radius 2 is 1.65 bits per heavy atom. The number of halogens is 5. The lowest BCUT2D eigenvalue weighted by molar-refractivity contribution is -0.128. The van der Waals surface area contributed by atoms with Gasteiger partial charge in [0.15, 0.2) is 23.3 Å². The van der Waals surface area contributed by atoms with Crippen LogP contribution in [0.1, 0.15) is 24.5 Å². The lowest BCUT2D eigenvalue weighted by Gasteiger charge is -2.27. The highest BCUT2D eigenvalue weighted by atomic mass is 19.2. The zero-order valence-corrected chi connectivity index (χ0v) is 16.7. The van der Waals surface area contributed by atoms with E-state index in [0.29, 0.717) is 12.0 Å². The molecule has 3 rings (SSSR count). The van der Waals surface area contributed by atoms with E-state index in [1.165, 1.54) is 6.07 Å². The van der Waals surface area contributed by atoms with Crippen molar-refractivity contribution in [3.63, 3.8) is 0 Å². The molecule has 0 fully saturated rings. The minimum Gasteiger partial charge on any atom is -0.343 e. The second kappa shape index (κ2) is 9.01. The van der Waals surface area contributed by atoms with E-state index in [4.69, 9.17) is 0 Å². The van der Waals surface area contributed by atoms with Crippen molar-refractivity contribution in [3.8, 4) is 0 Å². The molecule has 0 aromatic heterocycles. The fraction of sp³-hybridized carbons (Fsp3) is 0.333. The predicted molar refractivity (Wildman–Crippen MR) is 103 cm³/mol. The van der Waals surface area contributed by atoms with Crippen molar-refractivity contribution in [1.82, 2.24) is 10.6 Å². The molecule has 2 atom stereocenters. The van der Waals surface area contributed by atoms with Crippen LogP contribution in [0, 0.1) is 29.1 Å². The van der Waals surface area contributed by atoms with Crippen molar-refractivity contribution in [1.29, 1.82) is 0 Å². The lowest BCUT2D eigenvalue weighted by atomic mass is 10.1. The molecule has 0 bridgehead atoms. The zero-order valence-electron chi connectivity index (χ0n) is 16.7.